The molecule has 0 saturated carbocycles. The van der Waals surface area contributed by atoms with Crippen molar-refractivity contribution in [2.24, 2.45) is 0 Å². The van der Waals surface area contributed by atoms with Crippen molar-refractivity contribution in [3.8, 4) is 0 Å². The van der Waals surface area contributed by atoms with Crippen LogP contribution in [0.1, 0.15) is 5.56 Å². The Kier molecular flexibility index (Phi) is 2.51. The molecule has 9 heavy (non-hydrogen) atoms. The normalized spacial score (nSPS) is 10.0. The van der Waals surface area contributed by atoms with Gasteiger partial charge in [0, 0.05) is 6.54 Å². The first-order chi connectivity index (χ1) is 4.34. The SMILES string of the molecule is CNCc1ccsc1Cl. The number of hydrogen-bond donors (Lipinski definition) is 1. The van der Waals surface area contributed by atoms with E-state index >= 15 is 0 Å². The van der Waals surface area contributed by atoms with Crippen molar-refractivity contribution in [3.05, 3.63) is 21.3 Å². The zero-order valence-electron chi connectivity index (χ0n) is 5.15. The second-order valence-corrected chi connectivity index (χ2v) is 3.27. The van der Waals surface area contributed by atoms with Gasteiger partial charge in [0.1, 0.15) is 0 Å². The molecule has 0 fully saturated rings. The predicted octanol–water partition coefficient (Wildman–Crippen LogP) is 2.12. The average molecular weight is 162 g/mol. The quantitative estimate of drug-likeness (QED) is 0.701. The monoisotopic (exact) mass is 161 g/mol. The van der Waals surface area contributed by atoms with E-state index in [4.69, 9.17) is 11.6 Å². The maximum Gasteiger partial charge on any atom is 0.0973 e. The summed E-state index contributed by atoms with van der Waals surface area (Å²) in [5.41, 5.74) is 1.18. The van der Waals surface area contributed by atoms with Gasteiger partial charge in [-0.05, 0) is 24.1 Å². The zero-order valence-corrected chi connectivity index (χ0v) is 6.72. The molecule has 1 rings (SSSR count). The molecular weight excluding hydrogens is 154 g/mol. The van der Waals surface area contributed by atoms with E-state index in [-0.39, 0.29) is 0 Å². The molecule has 3 heteroatoms. The van der Waals surface area contributed by atoms with Crippen LogP contribution in [0.3, 0.4) is 0 Å². The summed E-state index contributed by atoms with van der Waals surface area (Å²) in [6, 6.07) is 2.03. The third-order valence-corrected chi connectivity index (χ3v) is 2.31. The lowest BCUT2D eigenvalue weighted by molar-refractivity contribution is 0.821. The molecule has 0 saturated heterocycles. The van der Waals surface area contributed by atoms with E-state index in [9.17, 15) is 0 Å². The lowest BCUT2D eigenvalue weighted by atomic mass is 10.3. The molecule has 50 valence electrons. The zero-order chi connectivity index (χ0) is 6.69. The van der Waals surface area contributed by atoms with Gasteiger partial charge in [-0.2, -0.15) is 0 Å². The lowest BCUT2D eigenvalue weighted by Crippen LogP contribution is -2.03. The Labute approximate surface area is 63.7 Å². The van der Waals surface area contributed by atoms with Crippen molar-refractivity contribution in [3.63, 3.8) is 0 Å². The van der Waals surface area contributed by atoms with E-state index in [2.05, 4.69) is 5.32 Å². The van der Waals surface area contributed by atoms with Crippen molar-refractivity contribution >= 4 is 22.9 Å². The van der Waals surface area contributed by atoms with Crippen LogP contribution in [0.15, 0.2) is 11.4 Å². The van der Waals surface area contributed by atoms with Crippen LogP contribution in [0.5, 0.6) is 0 Å². The van der Waals surface area contributed by atoms with E-state index < -0.39 is 0 Å². The van der Waals surface area contributed by atoms with Gasteiger partial charge in [-0.25, -0.2) is 0 Å². The first-order valence-corrected chi connectivity index (χ1v) is 3.97. The van der Waals surface area contributed by atoms with Gasteiger partial charge in [-0.1, -0.05) is 11.6 Å². The van der Waals surface area contributed by atoms with Crippen LogP contribution < -0.4 is 5.32 Å². The molecular formula is C6H8ClNS. The van der Waals surface area contributed by atoms with Crippen LogP contribution in [0.2, 0.25) is 4.34 Å². The molecule has 1 aromatic rings. The first kappa shape index (κ1) is 7.06. The van der Waals surface area contributed by atoms with Crippen molar-refractivity contribution < 1.29 is 0 Å². The molecule has 1 nitrogen and oxygen atoms in total. The van der Waals surface area contributed by atoms with E-state index in [0.717, 1.165) is 10.9 Å². The fraction of sp³-hybridized carbons (Fsp3) is 0.333. The minimum Gasteiger partial charge on any atom is -0.316 e. The summed E-state index contributed by atoms with van der Waals surface area (Å²) in [5.74, 6) is 0. The molecule has 0 bridgehead atoms. The Morgan fingerprint density at radius 1 is 1.78 bits per heavy atom. The molecule has 1 heterocycles. The summed E-state index contributed by atoms with van der Waals surface area (Å²) in [7, 11) is 1.91. The van der Waals surface area contributed by atoms with Crippen LogP contribution in [0, 0.1) is 0 Å². The number of hydrogen-bond acceptors (Lipinski definition) is 2. The molecule has 0 aromatic carbocycles. The molecule has 0 atom stereocenters. The highest BCUT2D eigenvalue weighted by Gasteiger charge is 1.97. The van der Waals surface area contributed by atoms with E-state index in [1.807, 2.05) is 18.5 Å². The van der Waals surface area contributed by atoms with E-state index in [1.54, 1.807) is 11.3 Å². The predicted molar refractivity (Wildman–Crippen MR) is 42.1 cm³/mol. The smallest absolute Gasteiger partial charge is 0.0973 e. The first-order valence-electron chi connectivity index (χ1n) is 2.71. The van der Waals surface area contributed by atoms with E-state index in [0.29, 0.717) is 0 Å². The molecule has 0 aliphatic rings. The van der Waals surface area contributed by atoms with Crippen molar-refractivity contribution in [2.45, 2.75) is 6.54 Å². The number of thiophene rings is 1. The van der Waals surface area contributed by atoms with Gasteiger partial charge in [-0.3, -0.25) is 0 Å². The van der Waals surface area contributed by atoms with Crippen LogP contribution in [0.25, 0.3) is 0 Å². The summed E-state index contributed by atoms with van der Waals surface area (Å²) < 4.78 is 0.893. The standard InChI is InChI=1S/C6H8ClNS/c1-8-4-5-2-3-9-6(5)7/h2-3,8H,4H2,1H3. The molecule has 1 N–H and O–H groups in total. The highest BCUT2D eigenvalue weighted by Crippen LogP contribution is 2.21. The van der Waals surface area contributed by atoms with E-state index in [1.165, 1.54) is 5.56 Å². The molecule has 0 spiro atoms. The Morgan fingerprint density at radius 2 is 2.56 bits per heavy atom. The van der Waals surface area contributed by atoms with Gasteiger partial charge in [0.25, 0.3) is 0 Å². The van der Waals surface area contributed by atoms with Crippen LogP contribution in [0.4, 0.5) is 0 Å². The van der Waals surface area contributed by atoms with Gasteiger partial charge < -0.3 is 5.32 Å². The third kappa shape index (κ3) is 1.68. The van der Waals surface area contributed by atoms with Crippen LogP contribution >= 0.6 is 22.9 Å². The third-order valence-electron chi connectivity index (χ3n) is 1.06. The van der Waals surface area contributed by atoms with Gasteiger partial charge in [0.15, 0.2) is 0 Å². The highest BCUT2D eigenvalue weighted by atomic mass is 35.5. The highest BCUT2D eigenvalue weighted by molar-refractivity contribution is 7.14. The lowest BCUT2D eigenvalue weighted by Gasteiger charge is -1.93. The molecule has 1 aromatic heterocycles. The topological polar surface area (TPSA) is 12.0 Å². The number of rotatable bonds is 2. The fourth-order valence-corrected chi connectivity index (χ4v) is 1.56. The maximum absolute atomic E-state index is 5.80. The fourth-order valence-electron chi connectivity index (χ4n) is 0.636. The largest absolute Gasteiger partial charge is 0.316 e. The summed E-state index contributed by atoms with van der Waals surface area (Å²) in [6.07, 6.45) is 0. The Balaban J connectivity index is 2.69. The summed E-state index contributed by atoms with van der Waals surface area (Å²) in [5, 5.41) is 5.03. The summed E-state index contributed by atoms with van der Waals surface area (Å²) in [6.45, 7) is 0.863. The second-order valence-electron chi connectivity index (χ2n) is 1.75. The summed E-state index contributed by atoms with van der Waals surface area (Å²) in [4.78, 5) is 0. The Bertz CT molecular complexity index is 185. The summed E-state index contributed by atoms with van der Waals surface area (Å²) >= 11 is 7.37. The van der Waals surface area contributed by atoms with Crippen LogP contribution in [-0.2, 0) is 6.54 Å². The molecule has 0 amide bonds. The minimum atomic E-state index is 0.863. The van der Waals surface area contributed by atoms with Crippen molar-refractivity contribution in [1.29, 1.82) is 0 Å². The van der Waals surface area contributed by atoms with Gasteiger partial charge in [-0.15, -0.1) is 11.3 Å². The minimum absolute atomic E-state index is 0.863. The van der Waals surface area contributed by atoms with Crippen molar-refractivity contribution in [1.82, 2.24) is 5.32 Å². The van der Waals surface area contributed by atoms with Crippen LogP contribution in [-0.4, -0.2) is 7.05 Å². The molecule has 0 radical (unpaired) electrons. The van der Waals surface area contributed by atoms with Crippen molar-refractivity contribution in [2.75, 3.05) is 7.05 Å². The molecule has 0 aliphatic heterocycles. The second kappa shape index (κ2) is 3.20. The molecule has 0 unspecified atom stereocenters. The average Bonchev–Trinajstić information content (AvgIpc) is 2.18. The van der Waals surface area contributed by atoms with Gasteiger partial charge in [0.2, 0.25) is 0 Å². The Hall–Kier alpha value is -0.0500. The van der Waals surface area contributed by atoms with Gasteiger partial charge in [0.05, 0.1) is 4.34 Å². The van der Waals surface area contributed by atoms with Gasteiger partial charge >= 0.3 is 0 Å². The number of halogens is 1. The Morgan fingerprint density at radius 3 is 3.00 bits per heavy atom. The maximum atomic E-state index is 5.80. The molecule has 0 aliphatic carbocycles. The number of nitrogens with one attached hydrogen (secondary N) is 1.